The van der Waals surface area contributed by atoms with Crippen molar-refractivity contribution in [3.63, 3.8) is 0 Å². The second-order valence-corrected chi connectivity index (χ2v) is 12.8. The Bertz CT molecular complexity index is 1910. The summed E-state index contributed by atoms with van der Waals surface area (Å²) in [4.78, 5) is 63.4. The number of fused-ring (bicyclic) bond motifs is 1. The minimum absolute atomic E-state index is 0.0554. The Morgan fingerprint density at radius 3 is 2.45 bits per heavy atom. The topological polar surface area (TPSA) is 143 Å². The average Bonchev–Trinajstić information content (AvgIpc) is 3.60. The van der Waals surface area contributed by atoms with E-state index in [9.17, 15) is 19.2 Å². The number of nitrogens with one attached hydrogen (secondary N) is 2. The van der Waals surface area contributed by atoms with E-state index in [1.165, 1.54) is 16.7 Å². The van der Waals surface area contributed by atoms with Crippen LogP contribution in [0.4, 0.5) is 5.13 Å². The third kappa shape index (κ3) is 7.15. The highest BCUT2D eigenvalue weighted by atomic mass is 32.2. The van der Waals surface area contributed by atoms with Crippen LogP contribution >= 0.6 is 23.1 Å². The average molecular weight is 696 g/mol. The van der Waals surface area contributed by atoms with Crippen LogP contribution in [0.15, 0.2) is 120 Å². The molecule has 1 unspecified atom stereocenters. The maximum absolute atomic E-state index is 13.9. The van der Waals surface area contributed by atoms with Crippen molar-refractivity contribution in [2.45, 2.75) is 24.1 Å². The first kappa shape index (κ1) is 33.3. The molecule has 0 bridgehead atoms. The summed E-state index contributed by atoms with van der Waals surface area (Å²) in [7, 11) is 1.85. The SMILES string of the molecule is C=CC1=C(C(=O)OC(c2ccccc2)c2ccccc2)N2C(=O)C(NC(=O)C(=NOCc3cccc[n+]3C)c3csc(NC=O)n3)[C@@H]2SC1. The maximum atomic E-state index is 13.9. The van der Waals surface area contributed by atoms with Crippen LogP contribution in [0.5, 0.6) is 0 Å². The molecular formula is C35H31N6O6S2+. The monoisotopic (exact) mass is 695 g/mol. The number of rotatable bonds is 13. The van der Waals surface area contributed by atoms with Gasteiger partial charge in [0.1, 0.15) is 29.9 Å². The molecule has 49 heavy (non-hydrogen) atoms. The van der Waals surface area contributed by atoms with Gasteiger partial charge in [-0.25, -0.2) is 14.3 Å². The predicted octanol–water partition coefficient (Wildman–Crippen LogP) is 3.63. The zero-order valence-corrected chi connectivity index (χ0v) is 27.9. The van der Waals surface area contributed by atoms with Crippen molar-refractivity contribution in [1.82, 2.24) is 15.2 Å². The summed E-state index contributed by atoms with van der Waals surface area (Å²) in [5.41, 5.74) is 2.93. The zero-order chi connectivity index (χ0) is 34.3. The summed E-state index contributed by atoms with van der Waals surface area (Å²) in [6.07, 6.45) is 3.15. The molecule has 1 saturated heterocycles. The normalized spacial score (nSPS) is 17.1. The van der Waals surface area contributed by atoms with Crippen molar-refractivity contribution in [3.8, 4) is 0 Å². The smallest absolute Gasteiger partial charge is 0.356 e. The van der Waals surface area contributed by atoms with Gasteiger partial charge in [0, 0.05) is 23.3 Å². The van der Waals surface area contributed by atoms with Gasteiger partial charge in [0.2, 0.25) is 18.7 Å². The van der Waals surface area contributed by atoms with Crippen LogP contribution in [0, 0.1) is 0 Å². The van der Waals surface area contributed by atoms with Crippen LogP contribution in [0.1, 0.15) is 28.6 Å². The molecule has 0 radical (unpaired) electrons. The fourth-order valence-electron chi connectivity index (χ4n) is 5.32. The molecule has 2 N–H and O–H groups in total. The molecule has 4 aromatic rings. The standard InChI is InChI=1S/C35H30N6O6S2/c1-3-22-19-48-33-28(32(44)41(33)29(22)34(45)47-30(23-12-6-4-7-13-23)24-14-8-5-9-15-24)38-31(43)27(26-20-49-35(37-26)36-21-42)39-46-18-25-16-10-11-17-40(25)2/h3-17,20-21,28,30,33H,1,18-19H2,2H3,(H-,36,37,38,42,43)/p+1/t28?,33-/m0/s1. The number of allylic oxidation sites excluding steroid dienone is 1. The van der Waals surface area contributed by atoms with Gasteiger partial charge in [-0.1, -0.05) is 78.5 Å². The van der Waals surface area contributed by atoms with Crippen LogP contribution in [0.25, 0.3) is 0 Å². The quantitative estimate of drug-likeness (QED) is 0.0540. The van der Waals surface area contributed by atoms with Crippen molar-refractivity contribution >= 4 is 58.1 Å². The number of pyridine rings is 1. The first-order valence-corrected chi connectivity index (χ1v) is 17.0. The van der Waals surface area contributed by atoms with Gasteiger partial charge in [-0.15, -0.1) is 23.1 Å². The zero-order valence-electron chi connectivity index (χ0n) is 26.2. The number of hydrogen-bond donors (Lipinski definition) is 2. The first-order chi connectivity index (χ1) is 23.9. The molecule has 2 aliphatic rings. The summed E-state index contributed by atoms with van der Waals surface area (Å²) < 4.78 is 7.96. The number of β-lactam (4-membered cyclic amide) rings is 1. The largest absolute Gasteiger partial charge is 0.448 e. The lowest BCUT2D eigenvalue weighted by atomic mass is 10.0. The number of ether oxygens (including phenoxy) is 1. The summed E-state index contributed by atoms with van der Waals surface area (Å²) >= 11 is 2.48. The van der Waals surface area contributed by atoms with Crippen LogP contribution in [-0.4, -0.2) is 57.0 Å². The molecule has 6 rings (SSSR count). The summed E-state index contributed by atoms with van der Waals surface area (Å²) in [5.74, 6) is -1.53. The first-order valence-electron chi connectivity index (χ1n) is 15.1. The number of oxime groups is 1. The van der Waals surface area contributed by atoms with E-state index in [4.69, 9.17) is 9.57 Å². The number of aromatic nitrogens is 2. The number of anilines is 1. The van der Waals surface area contributed by atoms with Gasteiger partial charge in [-0.3, -0.25) is 19.3 Å². The van der Waals surface area contributed by atoms with E-state index < -0.39 is 35.3 Å². The Hall–Kier alpha value is -5.60. The third-order valence-corrected chi connectivity index (χ3v) is 9.90. The number of amides is 3. The molecule has 2 aliphatic heterocycles. The summed E-state index contributed by atoms with van der Waals surface area (Å²) in [6.45, 7) is 3.92. The van der Waals surface area contributed by atoms with Crippen molar-refractivity contribution in [2.75, 3.05) is 11.1 Å². The van der Waals surface area contributed by atoms with E-state index in [1.54, 1.807) is 11.5 Å². The Morgan fingerprint density at radius 2 is 1.80 bits per heavy atom. The molecule has 248 valence electrons. The highest BCUT2D eigenvalue weighted by molar-refractivity contribution is 8.00. The van der Waals surface area contributed by atoms with E-state index in [0.717, 1.165) is 28.2 Å². The number of aryl methyl sites for hydroxylation is 1. The Labute approximate surface area is 290 Å². The van der Waals surface area contributed by atoms with Crippen LogP contribution < -0.4 is 15.2 Å². The lowest BCUT2D eigenvalue weighted by Crippen LogP contribution is -2.71. The van der Waals surface area contributed by atoms with Gasteiger partial charge < -0.3 is 20.2 Å². The lowest BCUT2D eigenvalue weighted by molar-refractivity contribution is -0.681. The lowest BCUT2D eigenvalue weighted by Gasteiger charge is -2.49. The highest BCUT2D eigenvalue weighted by Gasteiger charge is 2.54. The molecule has 2 aromatic heterocycles. The molecule has 4 heterocycles. The maximum Gasteiger partial charge on any atom is 0.356 e. The Kier molecular flexibility index (Phi) is 10.3. The second kappa shape index (κ2) is 15.1. The van der Waals surface area contributed by atoms with E-state index >= 15 is 0 Å². The van der Waals surface area contributed by atoms with Crippen LogP contribution in [0.2, 0.25) is 0 Å². The molecule has 0 saturated carbocycles. The number of hydrogen-bond acceptors (Lipinski definition) is 10. The van der Waals surface area contributed by atoms with Crippen LogP contribution in [-0.2, 0) is 42.4 Å². The van der Waals surface area contributed by atoms with Crippen molar-refractivity contribution < 1.29 is 33.3 Å². The molecule has 2 atom stereocenters. The Balaban J connectivity index is 1.22. The molecule has 0 spiro atoms. The van der Waals surface area contributed by atoms with E-state index in [0.29, 0.717) is 17.7 Å². The molecular weight excluding hydrogens is 665 g/mol. The predicted molar refractivity (Wildman–Crippen MR) is 184 cm³/mol. The second-order valence-electron chi connectivity index (χ2n) is 10.9. The van der Waals surface area contributed by atoms with Gasteiger partial charge in [-0.05, 0) is 22.8 Å². The van der Waals surface area contributed by atoms with Crippen molar-refractivity contribution in [2.24, 2.45) is 12.2 Å². The minimum atomic E-state index is -0.978. The fourth-order valence-corrected chi connectivity index (χ4v) is 7.32. The third-order valence-electron chi connectivity index (χ3n) is 7.83. The highest BCUT2D eigenvalue weighted by Crippen LogP contribution is 2.42. The van der Waals surface area contributed by atoms with Crippen LogP contribution in [0.3, 0.4) is 0 Å². The van der Waals surface area contributed by atoms with E-state index in [1.807, 2.05) is 96.7 Å². The summed E-state index contributed by atoms with van der Waals surface area (Å²) in [6, 6.07) is 23.3. The molecule has 14 heteroatoms. The molecule has 0 aliphatic carbocycles. The summed E-state index contributed by atoms with van der Waals surface area (Å²) in [5, 5.41) is 10.5. The number of nitrogens with zero attached hydrogens (tertiary/aromatic N) is 4. The van der Waals surface area contributed by atoms with Gasteiger partial charge in [0.25, 0.3) is 11.8 Å². The molecule has 3 amide bonds. The van der Waals surface area contributed by atoms with E-state index in [-0.39, 0.29) is 28.8 Å². The molecule has 12 nitrogen and oxygen atoms in total. The van der Waals surface area contributed by atoms with E-state index in [2.05, 4.69) is 27.4 Å². The number of carbonyl (C=O) groups is 4. The van der Waals surface area contributed by atoms with Crippen molar-refractivity contribution in [3.05, 3.63) is 137 Å². The number of esters is 1. The number of benzene rings is 2. The Morgan fingerprint density at radius 1 is 1.10 bits per heavy atom. The van der Waals surface area contributed by atoms with Gasteiger partial charge in [0.05, 0.1) is 0 Å². The van der Waals surface area contributed by atoms with Crippen molar-refractivity contribution in [1.29, 1.82) is 0 Å². The number of carbonyl (C=O) groups excluding carboxylic acids is 4. The molecule has 2 aromatic carbocycles. The van der Waals surface area contributed by atoms with Gasteiger partial charge in [-0.2, -0.15) is 0 Å². The van der Waals surface area contributed by atoms with Gasteiger partial charge in [0.15, 0.2) is 23.1 Å². The number of thioether (sulfide) groups is 1. The minimum Gasteiger partial charge on any atom is -0.448 e. The number of thiazole rings is 1. The molecule has 1 fully saturated rings. The van der Waals surface area contributed by atoms with Gasteiger partial charge >= 0.3 is 5.97 Å². The fraction of sp³-hybridized carbons (Fsp3) is 0.171.